The molecule has 0 aromatic carbocycles. The molecule has 0 aromatic heterocycles. The summed E-state index contributed by atoms with van der Waals surface area (Å²) in [6.07, 6.45) is 8.15. The third-order valence-corrected chi connectivity index (χ3v) is 7.98. The molecule has 0 radical (unpaired) electrons. The van der Waals surface area contributed by atoms with Gasteiger partial charge in [0.05, 0.1) is 16.9 Å². The highest BCUT2D eigenvalue weighted by atomic mass is 35.5. The highest BCUT2D eigenvalue weighted by molar-refractivity contribution is 6.30. The van der Waals surface area contributed by atoms with Crippen molar-refractivity contribution in [1.82, 2.24) is 15.5 Å². The van der Waals surface area contributed by atoms with Gasteiger partial charge in [-0.3, -0.25) is 9.59 Å². The summed E-state index contributed by atoms with van der Waals surface area (Å²) in [5, 5.41) is 6.40. The molecule has 2 aliphatic carbocycles. The van der Waals surface area contributed by atoms with Gasteiger partial charge in [-0.2, -0.15) is 0 Å². The third-order valence-electron chi connectivity index (χ3n) is 6.84. The number of hydrogen-bond donors (Lipinski definition) is 2. The largest absolute Gasteiger partial charge is 0.368 e. The number of halogens is 2. The highest BCUT2D eigenvalue weighted by Crippen LogP contribution is 2.29. The van der Waals surface area contributed by atoms with Crippen LogP contribution in [0.1, 0.15) is 57.8 Å². The molecule has 1 heterocycles. The van der Waals surface area contributed by atoms with Crippen molar-refractivity contribution in [3.8, 4) is 0 Å². The molecule has 6 nitrogen and oxygen atoms in total. The first-order chi connectivity index (χ1) is 14.4. The predicted molar refractivity (Wildman–Crippen MR) is 120 cm³/mol. The van der Waals surface area contributed by atoms with Crippen molar-refractivity contribution in [2.75, 3.05) is 33.3 Å². The zero-order valence-corrected chi connectivity index (χ0v) is 19.6. The van der Waals surface area contributed by atoms with Gasteiger partial charge in [0.25, 0.3) is 0 Å². The monoisotopic (exact) mass is 461 g/mol. The number of hydrogen-bond acceptors (Lipinski definition) is 4. The molecule has 8 heteroatoms. The Morgan fingerprint density at radius 3 is 2.50 bits per heavy atom. The number of alkyl halides is 2. The minimum atomic E-state index is -0.0891. The molecule has 3 aliphatic rings. The molecular formula is C22H37Cl2N3O3. The summed E-state index contributed by atoms with van der Waals surface area (Å²) in [7, 11) is 1.94. The van der Waals surface area contributed by atoms with Gasteiger partial charge in [-0.15, -0.1) is 23.2 Å². The Hall–Kier alpha value is -0.560. The van der Waals surface area contributed by atoms with Gasteiger partial charge in [0, 0.05) is 25.6 Å². The first kappa shape index (κ1) is 24.1. The lowest BCUT2D eigenvalue weighted by atomic mass is 9.85. The van der Waals surface area contributed by atoms with E-state index in [-0.39, 0.29) is 47.2 Å². The summed E-state index contributed by atoms with van der Waals surface area (Å²) in [4.78, 5) is 27.0. The molecule has 1 aliphatic heterocycles. The first-order valence-corrected chi connectivity index (χ1v) is 12.4. The van der Waals surface area contributed by atoms with Crippen molar-refractivity contribution in [2.24, 2.45) is 11.8 Å². The van der Waals surface area contributed by atoms with Crippen LogP contribution in [0.2, 0.25) is 0 Å². The smallest absolute Gasteiger partial charge is 0.246 e. The number of amides is 2. The third kappa shape index (κ3) is 7.25. The number of carbonyl (C=O) groups is 2. The highest BCUT2D eigenvalue weighted by Gasteiger charge is 2.31. The Bertz CT molecular complexity index is 566. The Kier molecular flexibility index (Phi) is 9.55. The molecular weight excluding hydrogens is 425 g/mol. The lowest BCUT2D eigenvalue weighted by Crippen LogP contribution is -2.44. The quantitative estimate of drug-likeness (QED) is 0.571. The van der Waals surface area contributed by atoms with Crippen molar-refractivity contribution in [2.45, 2.75) is 80.7 Å². The predicted octanol–water partition coefficient (Wildman–Crippen LogP) is 2.90. The Morgan fingerprint density at radius 2 is 1.83 bits per heavy atom. The number of rotatable bonds is 7. The Balaban J connectivity index is 1.31. The molecule has 30 heavy (non-hydrogen) atoms. The van der Waals surface area contributed by atoms with Gasteiger partial charge in [-0.25, -0.2) is 0 Å². The zero-order chi connectivity index (χ0) is 21.5. The molecule has 2 amide bonds. The SMILES string of the molecule is CN(CC1CCCNC1)C(=O)C1CCC(NC(=O)COC2CCC(Cl)C(Cl)C2)CC1. The summed E-state index contributed by atoms with van der Waals surface area (Å²) in [6, 6.07) is 0.136. The average Bonchev–Trinajstić information content (AvgIpc) is 2.75. The van der Waals surface area contributed by atoms with E-state index in [1.54, 1.807) is 0 Å². The summed E-state index contributed by atoms with van der Waals surface area (Å²) in [6.45, 7) is 3.01. The number of piperidine rings is 1. The van der Waals surface area contributed by atoms with Crippen molar-refractivity contribution >= 4 is 35.0 Å². The minimum Gasteiger partial charge on any atom is -0.368 e. The maximum Gasteiger partial charge on any atom is 0.246 e. The van der Waals surface area contributed by atoms with Crippen molar-refractivity contribution in [3.05, 3.63) is 0 Å². The van der Waals surface area contributed by atoms with E-state index in [0.29, 0.717) is 12.3 Å². The zero-order valence-electron chi connectivity index (χ0n) is 18.1. The van der Waals surface area contributed by atoms with Crippen LogP contribution < -0.4 is 10.6 Å². The van der Waals surface area contributed by atoms with E-state index in [9.17, 15) is 9.59 Å². The van der Waals surface area contributed by atoms with E-state index in [0.717, 1.165) is 58.2 Å². The number of ether oxygens (including phenoxy) is 1. The molecule has 4 unspecified atom stereocenters. The number of nitrogens with zero attached hydrogens (tertiary/aromatic N) is 1. The van der Waals surface area contributed by atoms with Crippen LogP contribution in [0.4, 0.5) is 0 Å². The minimum absolute atomic E-state index is 0.00313. The van der Waals surface area contributed by atoms with E-state index in [1.807, 2.05) is 11.9 Å². The molecule has 172 valence electrons. The van der Waals surface area contributed by atoms with Crippen LogP contribution in [0.25, 0.3) is 0 Å². The molecule has 3 fully saturated rings. The van der Waals surface area contributed by atoms with Crippen LogP contribution >= 0.6 is 23.2 Å². The van der Waals surface area contributed by atoms with Crippen LogP contribution in [0.5, 0.6) is 0 Å². The number of carbonyl (C=O) groups excluding carboxylic acids is 2. The van der Waals surface area contributed by atoms with Gasteiger partial charge in [-0.1, -0.05) is 0 Å². The lowest BCUT2D eigenvalue weighted by molar-refractivity contribution is -0.136. The summed E-state index contributed by atoms with van der Waals surface area (Å²) >= 11 is 12.3. The van der Waals surface area contributed by atoms with E-state index in [2.05, 4.69) is 10.6 Å². The van der Waals surface area contributed by atoms with E-state index < -0.39 is 0 Å². The van der Waals surface area contributed by atoms with Gasteiger partial charge >= 0.3 is 0 Å². The Labute approximate surface area is 190 Å². The number of nitrogens with one attached hydrogen (secondary N) is 2. The summed E-state index contributed by atoms with van der Waals surface area (Å²) in [5.41, 5.74) is 0. The first-order valence-electron chi connectivity index (χ1n) is 11.6. The molecule has 1 saturated heterocycles. The van der Waals surface area contributed by atoms with Crippen molar-refractivity contribution in [1.29, 1.82) is 0 Å². The summed E-state index contributed by atoms with van der Waals surface area (Å²) < 4.78 is 5.75. The lowest BCUT2D eigenvalue weighted by Gasteiger charge is -2.33. The fourth-order valence-corrected chi connectivity index (χ4v) is 5.56. The average molecular weight is 462 g/mol. The maximum atomic E-state index is 12.8. The fraction of sp³-hybridized carbons (Fsp3) is 0.909. The fourth-order valence-electron chi connectivity index (χ4n) is 5.01. The molecule has 2 saturated carbocycles. The van der Waals surface area contributed by atoms with Gasteiger partial charge in [0.2, 0.25) is 11.8 Å². The second kappa shape index (κ2) is 11.9. The maximum absolute atomic E-state index is 12.8. The topological polar surface area (TPSA) is 70.7 Å². The van der Waals surface area contributed by atoms with Crippen LogP contribution in [0.3, 0.4) is 0 Å². The standard InChI is InChI=1S/C22H37Cl2N3O3/c1-27(13-15-3-2-10-25-12-15)22(29)16-4-6-17(7-5-16)26-21(28)14-30-18-8-9-19(23)20(24)11-18/h15-20,25H,2-14H2,1H3,(H,26,28). The van der Waals surface area contributed by atoms with E-state index in [1.165, 1.54) is 12.8 Å². The van der Waals surface area contributed by atoms with Crippen LogP contribution in [-0.4, -0.2) is 72.9 Å². The molecule has 2 N–H and O–H groups in total. The second-order valence-electron chi connectivity index (χ2n) is 9.33. The summed E-state index contributed by atoms with van der Waals surface area (Å²) in [5.74, 6) is 0.837. The van der Waals surface area contributed by atoms with Gasteiger partial charge in [0.15, 0.2) is 0 Å². The Morgan fingerprint density at radius 1 is 1.07 bits per heavy atom. The normalized spacial score (nSPS) is 34.9. The van der Waals surface area contributed by atoms with E-state index >= 15 is 0 Å². The van der Waals surface area contributed by atoms with Crippen LogP contribution in [0.15, 0.2) is 0 Å². The van der Waals surface area contributed by atoms with Crippen molar-refractivity contribution < 1.29 is 14.3 Å². The van der Waals surface area contributed by atoms with Crippen LogP contribution in [-0.2, 0) is 14.3 Å². The van der Waals surface area contributed by atoms with Gasteiger partial charge in [-0.05, 0) is 76.8 Å². The van der Waals surface area contributed by atoms with Crippen molar-refractivity contribution in [3.63, 3.8) is 0 Å². The van der Waals surface area contributed by atoms with Gasteiger partial charge < -0.3 is 20.3 Å². The molecule has 0 bridgehead atoms. The molecule has 0 aromatic rings. The van der Waals surface area contributed by atoms with Gasteiger partial charge in [0.1, 0.15) is 6.61 Å². The van der Waals surface area contributed by atoms with E-state index in [4.69, 9.17) is 27.9 Å². The molecule has 0 spiro atoms. The van der Waals surface area contributed by atoms with Crippen LogP contribution in [0, 0.1) is 11.8 Å². The molecule has 4 atom stereocenters. The molecule has 3 rings (SSSR count). The second-order valence-corrected chi connectivity index (χ2v) is 10.4.